The summed E-state index contributed by atoms with van der Waals surface area (Å²) in [5.41, 5.74) is 3.48. The van der Waals surface area contributed by atoms with Crippen molar-refractivity contribution in [2.45, 2.75) is 12.8 Å². The smallest absolute Gasteiger partial charge is 0.165 e. The molecule has 5 nitrogen and oxygen atoms in total. The molecule has 2 heterocycles. The second kappa shape index (κ2) is 6.46. The van der Waals surface area contributed by atoms with E-state index in [1.807, 2.05) is 24.4 Å². The Bertz CT molecular complexity index is 1010. The van der Waals surface area contributed by atoms with Crippen molar-refractivity contribution in [1.29, 1.82) is 0 Å². The van der Waals surface area contributed by atoms with Crippen LogP contribution in [0.25, 0.3) is 5.57 Å². The first-order valence-electron chi connectivity index (χ1n) is 7.93. The van der Waals surface area contributed by atoms with Crippen LogP contribution in [0.4, 0.5) is 11.4 Å². The van der Waals surface area contributed by atoms with E-state index in [1.54, 1.807) is 0 Å². The van der Waals surface area contributed by atoms with E-state index >= 15 is 0 Å². The lowest BCUT2D eigenvalue weighted by Gasteiger charge is -2.12. The Morgan fingerprint density at radius 2 is 1.84 bits per heavy atom. The summed E-state index contributed by atoms with van der Waals surface area (Å²) in [4.78, 5) is 8.91. The molecule has 7 heteroatoms. The van der Waals surface area contributed by atoms with Crippen molar-refractivity contribution in [3.8, 4) is 11.5 Å². The van der Waals surface area contributed by atoms with Crippen LogP contribution in [0, 0.1) is 0 Å². The van der Waals surface area contributed by atoms with Crippen molar-refractivity contribution < 1.29 is 10.2 Å². The van der Waals surface area contributed by atoms with E-state index in [1.165, 1.54) is 0 Å². The second-order valence-corrected chi connectivity index (χ2v) is 7.72. The van der Waals surface area contributed by atoms with Crippen LogP contribution in [0.2, 0.25) is 0 Å². The molecule has 0 saturated carbocycles. The monoisotopic (exact) mass is 463 g/mol. The molecule has 128 valence electrons. The van der Waals surface area contributed by atoms with Gasteiger partial charge in [0.05, 0.1) is 20.0 Å². The minimum Gasteiger partial charge on any atom is -0.506 e. The number of aromatic hydroxyl groups is 2. The van der Waals surface area contributed by atoms with Crippen LogP contribution in [-0.4, -0.2) is 29.5 Å². The van der Waals surface area contributed by atoms with Gasteiger partial charge < -0.3 is 15.5 Å². The molecule has 0 atom stereocenters. The first-order valence-corrected chi connectivity index (χ1v) is 9.51. The molecule has 0 amide bonds. The molecule has 0 unspecified atom stereocenters. The Balaban J connectivity index is 1.57. The van der Waals surface area contributed by atoms with Crippen molar-refractivity contribution >= 4 is 55.0 Å². The molecule has 2 aromatic rings. The molecule has 0 spiro atoms. The van der Waals surface area contributed by atoms with Crippen LogP contribution < -0.4 is 15.9 Å². The third-order valence-corrected chi connectivity index (χ3v) is 5.60. The molecule has 25 heavy (non-hydrogen) atoms. The fourth-order valence-electron chi connectivity index (χ4n) is 3.14. The number of nitrogens with zero attached hydrogens (tertiary/aromatic N) is 2. The van der Waals surface area contributed by atoms with E-state index < -0.39 is 0 Å². The van der Waals surface area contributed by atoms with Crippen LogP contribution in [0.1, 0.15) is 12.0 Å². The summed E-state index contributed by atoms with van der Waals surface area (Å²) >= 11 is 6.68. The lowest BCUT2D eigenvalue weighted by molar-refractivity contribution is 0.468. The van der Waals surface area contributed by atoms with Gasteiger partial charge in [0, 0.05) is 24.5 Å². The van der Waals surface area contributed by atoms with E-state index in [9.17, 15) is 10.2 Å². The molecule has 0 aliphatic carbocycles. The molecule has 2 aromatic carbocycles. The Labute approximate surface area is 161 Å². The maximum absolute atomic E-state index is 10.5. The highest BCUT2D eigenvalue weighted by Crippen LogP contribution is 2.34. The van der Waals surface area contributed by atoms with Gasteiger partial charge in [0.25, 0.3) is 0 Å². The molecule has 4 rings (SSSR count). The van der Waals surface area contributed by atoms with Crippen molar-refractivity contribution in [3.63, 3.8) is 0 Å². The van der Waals surface area contributed by atoms with E-state index in [0.29, 0.717) is 26.9 Å². The van der Waals surface area contributed by atoms with Gasteiger partial charge in [-0.15, -0.1) is 0 Å². The summed E-state index contributed by atoms with van der Waals surface area (Å²) in [7, 11) is 0. The summed E-state index contributed by atoms with van der Waals surface area (Å²) in [5.74, 6) is 0.369. The number of hydrogen-bond acceptors (Lipinski definition) is 5. The molecular weight excluding hydrogens is 450 g/mol. The van der Waals surface area contributed by atoms with Gasteiger partial charge in [0.1, 0.15) is 11.4 Å². The molecule has 2 aliphatic rings. The molecule has 0 saturated heterocycles. The highest BCUT2D eigenvalue weighted by molar-refractivity contribution is 9.11. The molecule has 0 fully saturated rings. The Morgan fingerprint density at radius 1 is 1.08 bits per heavy atom. The predicted molar refractivity (Wildman–Crippen MR) is 106 cm³/mol. The topological polar surface area (TPSA) is 77.2 Å². The Hall–Kier alpha value is -1.86. The number of nitrogens with one attached hydrogen (secondary N) is 1. The molecule has 2 aliphatic heterocycles. The van der Waals surface area contributed by atoms with E-state index in [-0.39, 0.29) is 11.5 Å². The maximum atomic E-state index is 10.5. The zero-order chi connectivity index (χ0) is 17.6. The van der Waals surface area contributed by atoms with E-state index in [0.717, 1.165) is 41.1 Å². The van der Waals surface area contributed by atoms with Gasteiger partial charge >= 0.3 is 0 Å². The third-order valence-electron chi connectivity index (χ3n) is 4.39. The van der Waals surface area contributed by atoms with Crippen molar-refractivity contribution in [3.05, 3.63) is 43.3 Å². The van der Waals surface area contributed by atoms with Gasteiger partial charge in [-0.25, -0.2) is 0 Å². The number of hydrogen-bond donors (Lipinski definition) is 3. The summed E-state index contributed by atoms with van der Waals surface area (Å²) in [6, 6.07) is 5.66. The highest BCUT2D eigenvalue weighted by atomic mass is 79.9. The maximum Gasteiger partial charge on any atom is 0.165 e. The zero-order valence-corrected chi connectivity index (χ0v) is 16.4. The van der Waals surface area contributed by atoms with Crippen LogP contribution in [-0.2, 0) is 6.42 Å². The lowest BCUT2D eigenvalue weighted by Crippen LogP contribution is -2.30. The van der Waals surface area contributed by atoms with Gasteiger partial charge in [-0.3, -0.25) is 9.98 Å². The average Bonchev–Trinajstić information content (AvgIpc) is 3.03. The molecule has 0 bridgehead atoms. The molecule has 3 N–H and O–H groups in total. The summed E-state index contributed by atoms with van der Waals surface area (Å²) in [6.45, 7) is 1.39. The fraction of sp³-hybridized carbons (Fsp3) is 0.222. The molecular formula is C18H15Br2N3O2. The summed E-state index contributed by atoms with van der Waals surface area (Å²) in [5, 5.41) is 25.4. The predicted octanol–water partition coefficient (Wildman–Crippen LogP) is 3.17. The number of aliphatic imine (C=N–C) groups is 1. The normalized spacial score (nSPS) is 14.4. The highest BCUT2D eigenvalue weighted by Gasteiger charge is 2.18. The zero-order valence-electron chi connectivity index (χ0n) is 13.2. The standard InChI is InChI=1S/C18H15Br2N3O2/c19-11-5-9(6-12(20)17(11)24)1-3-22-14-7-13-15-10(2-4-21-13)8-23-16(15)18(14)25/h5-8,22,24-25H,1-4H2. The Kier molecular flexibility index (Phi) is 4.29. The molecule has 0 radical (unpaired) electrons. The number of phenols is 2. The second-order valence-electron chi connectivity index (χ2n) is 6.02. The van der Waals surface area contributed by atoms with E-state index in [2.05, 4.69) is 47.2 Å². The molecule has 0 aromatic heterocycles. The van der Waals surface area contributed by atoms with Gasteiger partial charge in [-0.1, -0.05) is 0 Å². The van der Waals surface area contributed by atoms with Crippen LogP contribution in [0.3, 0.4) is 0 Å². The minimum absolute atomic E-state index is 0.176. The Morgan fingerprint density at radius 3 is 2.60 bits per heavy atom. The van der Waals surface area contributed by atoms with Crippen molar-refractivity contribution in [2.24, 2.45) is 9.98 Å². The summed E-state index contributed by atoms with van der Waals surface area (Å²) < 4.78 is 1.30. The van der Waals surface area contributed by atoms with Gasteiger partial charge in [0.2, 0.25) is 0 Å². The van der Waals surface area contributed by atoms with Gasteiger partial charge in [-0.05, 0) is 74.0 Å². The number of anilines is 1. The average molecular weight is 465 g/mol. The quantitative estimate of drug-likeness (QED) is 0.608. The fourth-order valence-corrected chi connectivity index (χ4v) is 4.42. The third kappa shape index (κ3) is 2.95. The largest absolute Gasteiger partial charge is 0.506 e. The number of benzene rings is 2. The van der Waals surface area contributed by atoms with Gasteiger partial charge in [0.15, 0.2) is 5.75 Å². The minimum atomic E-state index is 0.176. The van der Waals surface area contributed by atoms with Crippen LogP contribution in [0.15, 0.2) is 37.1 Å². The van der Waals surface area contributed by atoms with Crippen molar-refractivity contribution in [2.75, 3.05) is 18.4 Å². The number of rotatable bonds is 4. The van der Waals surface area contributed by atoms with Gasteiger partial charge in [-0.2, -0.15) is 0 Å². The first-order chi connectivity index (χ1) is 12.0. The van der Waals surface area contributed by atoms with Crippen LogP contribution >= 0.6 is 31.9 Å². The van der Waals surface area contributed by atoms with Crippen molar-refractivity contribution in [1.82, 2.24) is 0 Å². The SMILES string of the molecule is Oc1c(Br)cc(CCNc2cc3c4c(c2O)N=CC=4CCN=3)cc1Br. The van der Waals surface area contributed by atoms with E-state index in [4.69, 9.17) is 0 Å². The number of phenolic OH excluding ortho intramolecular Hbond substituents is 2. The first kappa shape index (κ1) is 16.6. The summed E-state index contributed by atoms with van der Waals surface area (Å²) in [6.07, 6.45) is 3.44. The lowest BCUT2D eigenvalue weighted by atomic mass is 10.1. The number of halogens is 2. The van der Waals surface area contributed by atoms with Crippen LogP contribution in [0.5, 0.6) is 11.5 Å².